The van der Waals surface area contributed by atoms with Crippen molar-refractivity contribution >= 4 is 52.2 Å². The standard InChI is InChI=1S/C14H17ClO2.C11H11ClO2.C11H13ClO2/c1-9-7-11(14(17)12(15)8-9)13(16)10-5-3-2-4-6-10;1-6-4-8(10(13)7-2-3-7)11(14)9(12)5-6;1-6(2)10(13)8-4-7(3)5-9(12)11(8)14/h7-8,10,17H,2-6H2,1H3;4-5,7,14H,2-3H2,1H3;4-6,14H,1-3H3. The number of hydrogen-bond donors (Lipinski definition) is 3. The van der Waals surface area contributed by atoms with Crippen LogP contribution in [0.1, 0.15) is 107 Å². The van der Waals surface area contributed by atoms with Gasteiger partial charge in [0, 0.05) is 17.8 Å². The zero-order valence-electron chi connectivity index (χ0n) is 26.3. The summed E-state index contributed by atoms with van der Waals surface area (Å²) >= 11 is 17.5. The molecule has 2 saturated carbocycles. The second kappa shape index (κ2) is 16.0. The quantitative estimate of drug-likeness (QED) is 0.224. The lowest BCUT2D eigenvalue weighted by molar-refractivity contribution is 0.0885. The monoisotopic (exact) mass is 674 g/mol. The maximum absolute atomic E-state index is 12.3. The van der Waals surface area contributed by atoms with Crippen LogP contribution < -0.4 is 0 Å². The largest absolute Gasteiger partial charge is 0.506 e. The van der Waals surface area contributed by atoms with Gasteiger partial charge in [0.15, 0.2) is 17.3 Å². The molecule has 0 aliphatic heterocycles. The van der Waals surface area contributed by atoms with Gasteiger partial charge >= 0.3 is 0 Å². The van der Waals surface area contributed by atoms with Gasteiger partial charge in [0.1, 0.15) is 17.2 Å². The van der Waals surface area contributed by atoms with E-state index in [1.807, 2.05) is 20.8 Å². The van der Waals surface area contributed by atoms with E-state index < -0.39 is 0 Å². The Morgan fingerprint density at radius 1 is 0.578 bits per heavy atom. The van der Waals surface area contributed by atoms with Crippen LogP contribution in [0.4, 0.5) is 0 Å². The number of Topliss-reactive ketones (excluding diaryl/α,β-unsaturated/α-hetero) is 3. The van der Waals surface area contributed by atoms with Gasteiger partial charge in [0.05, 0.1) is 31.8 Å². The second-order valence-electron chi connectivity index (χ2n) is 12.3. The van der Waals surface area contributed by atoms with E-state index in [0.717, 1.165) is 55.2 Å². The molecule has 2 aliphatic carbocycles. The predicted octanol–water partition coefficient (Wildman–Crippen LogP) is 10.3. The smallest absolute Gasteiger partial charge is 0.169 e. The lowest BCUT2D eigenvalue weighted by Gasteiger charge is -2.21. The number of carbonyl (C=O) groups is 3. The molecule has 0 radical (unpaired) electrons. The fourth-order valence-electron chi connectivity index (χ4n) is 5.23. The van der Waals surface area contributed by atoms with Gasteiger partial charge in [-0.1, -0.05) is 67.9 Å². The van der Waals surface area contributed by atoms with E-state index in [-0.39, 0.29) is 67.4 Å². The van der Waals surface area contributed by atoms with Gasteiger partial charge in [0.2, 0.25) is 0 Å². The van der Waals surface area contributed by atoms with Crippen molar-refractivity contribution in [2.24, 2.45) is 17.8 Å². The first kappa shape index (κ1) is 36.4. The molecular weight excluding hydrogens is 635 g/mol. The number of carbonyl (C=O) groups excluding carboxylic acids is 3. The third kappa shape index (κ3) is 9.71. The summed E-state index contributed by atoms with van der Waals surface area (Å²) in [5, 5.41) is 29.8. The molecule has 6 nitrogen and oxygen atoms in total. The van der Waals surface area contributed by atoms with E-state index in [4.69, 9.17) is 34.8 Å². The molecule has 0 atom stereocenters. The summed E-state index contributed by atoms with van der Waals surface area (Å²) < 4.78 is 0. The zero-order chi connectivity index (χ0) is 33.6. The Morgan fingerprint density at radius 2 is 0.911 bits per heavy atom. The van der Waals surface area contributed by atoms with E-state index in [2.05, 4.69) is 0 Å². The molecule has 242 valence electrons. The maximum atomic E-state index is 12.3. The Balaban J connectivity index is 0.000000185. The Hall–Kier alpha value is -3.06. The van der Waals surface area contributed by atoms with Gasteiger partial charge in [-0.15, -0.1) is 0 Å². The fourth-order valence-corrected chi connectivity index (χ4v) is 6.05. The fraction of sp³-hybridized carbons (Fsp3) is 0.417. The highest BCUT2D eigenvalue weighted by atomic mass is 35.5. The second-order valence-corrected chi connectivity index (χ2v) is 13.5. The molecule has 0 saturated heterocycles. The highest BCUT2D eigenvalue weighted by molar-refractivity contribution is 6.33. The lowest BCUT2D eigenvalue weighted by atomic mass is 9.83. The molecule has 0 bridgehead atoms. The molecule has 0 amide bonds. The lowest BCUT2D eigenvalue weighted by Crippen LogP contribution is -2.18. The van der Waals surface area contributed by atoms with Gasteiger partial charge in [0.25, 0.3) is 0 Å². The van der Waals surface area contributed by atoms with Crippen LogP contribution in [0.2, 0.25) is 15.1 Å². The molecule has 0 aromatic heterocycles. The maximum Gasteiger partial charge on any atom is 0.169 e. The van der Waals surface area contributed by atoms with Gasteiger partial charge in [-0.2, -0.15) is 0 Å². The minimum Gasteiger partial charge on any atom is -0.506 e. The number of ketones is 3. The summed E-state index contributed by atoms with van der Waals surface area (Å²) in [5.74, 6) is -0.239. The van der Waals surface area contributed by atoms with Crippen molar-refractivity contribution in [3.05, 3.63) is 84.8 Å². The average molecular weight is 676 g/mol. The van der Waals surface area contributed by atoms with Crippen molar-refractivity contribution in [2.75, 3.05) is 0 Å². The molecule has 45 heavy (non-hydrogen) atoms. The highest BCUT2D eigenvalue weighted by Crippen LogP contribution is 2.38. The van der Waals surface area contributed by atoms with Gasteiger partial charge < -0.3 is 15.3 Å². The summed E-state index contributed by atoms with van der Waals surface area (Å²) in [6.45, 7) is 9.15. The molecule has 3 aromatic carbocycles. The highest BCUT2D eigenvalue weighted by Gasteiger charge is 2.32. The minimum atomic E-state index is -0.140. The zero-order valence-corrected chi connectivity index (χ0v) is 28.6. The van der Waals surface area contributed by atoms with Crippen LogP contribution in [-0.4, -0.2) is 32.7 Å². The summed E-state index contributed by atoms with van der Waals surface area (Å²) in [7, 11) is 0. The van der Waals surface area contributed by atoms with Crippen LogP contribution in [0.15, 0.2) is 36.4 Å². The number of halogens is 3. The Morgan fingerprint density at radius 3 is 1.27 bits per heavy atom. The van der Waals surface area contributed by atoms with E-state index >= 15 is 0 Å². The molecule has 3 N–H and O–H groups in total. The first-order valence-electron chi connectivity index (χ1n) is 15.2. The van der Waals surface area contributed by atoms with E-state index in [1.54, 1.807) is 50.2 Å². The Bertz CT molecular complexity index is 1500. The summed E-state index contributed by atoms with van der Waals surface area (Å²) in [6, 6.07) is 10.0. The van der Waals surface area contributed by atoms with Crippen LogP contribution in [0, 0.1) is 38.5 Å². The van der Waals surface area contributed by atoms with E-state index in [0.29, 0.717) is 16.7 Å². The van der Waals surface area contributed by atoms with Crippen LogP contribution in [0.3, 0.4) is 0 Å². The third-order valence-corrected chi connectivity index (χ3v) is 8.73. The number of rotatable bonds is 6. The molecular formula is C36H41Cl3O6. The van der Waals surface area contributed by atoms with E-state index in [1.165, 1.54) is 6.42 Å². The van der Waals surface area contributed by atoms with Gasteiger partial charge in [-0.3, -0.25) is 14.4 Å². The summed E-state index contributed by atoms with van der Waals surface area (Å²) in [6.07, 6.45) is 7.17. The number of phenols is 3. The number of aryl methyl sites for hydroxylation is 3. The normalized spacial score (nSPS) is 14.6. The number of phenolic OH excluding ortho intramolecular Hbond substituents is 3. The average Bonchev–Trinajstić information content (AvgIpc) is 3.84. The molecule has 0 heterocycles. The van der Waals surface area contributed by atoms with Crippen molar-refractivity contribution in [1.29, 1.82) is 0 Å². The molecule has 9 heteroatoms. The molecule has 3 aromatic rings. The Kier molecular flexibility index (Phi) is 12.9. The number of hydrogen-bond acceptors (Lipinski definition) is 6. The summed E-state index contributed by atoms with van der Waals surface area (Å²) in [5.41, 5.74) is 3.75. The minimum absolute atomic E-state index is 0.0214. The van der Waals surface area contributed by atoms with Crippen molar-refractivity contribution in [2.45, 2.75) is 79.6 Å². The molecule has 2 aliphatic rings. The van der Waals surface area contributed by atoms with E-state index in [9.17, 15) is 29.7 Å². The SMILES string of the molecule is Cc1cc(Cl)c(O)c(C(=O)C(C)C)c1.Cc1cc(Cl)c(O)c(C(=O)C2CC2)c1.Cc1cc(Cl)c(O)c(C(=O)C2CCCCC2)c1. The number of aromatic hydroxyl groups is 3. The molecule has 0 unspecified atom stereocenters. The molecule has 2 fully saturated rings. The van der Waals surface area contributed by atoms with Gasteiger partial charge in [-0.25, -0.2) is 0 Å². The van der Waals surface area contributed by atoms with Crippen molar-refractivity contribution in [1.82, 2.24) is 0 Å². The van der Waals surface area contributed by atoms with Crippen LogP contribution in [-0.2, 0) is 0 Å². The first-order chi connectivity index (χ1) is 21.1. The topological polar surface area (TPSA) is 112 Å². The molecule has 0 spiro atoms. The van der Waals surface area contributed by atoms with Gasteiger partial charge in [-0.05, 0) is 99.5 Å². The van der Waals surface area contributed by atoms with Crippen molar-refractivity contribution in [3.63, 3.8) is 0 Å². The first-order valence-corrected chi connectivity index (χ1v) is 16.4. The predicted molar refractivity (Wildman–Crippen MR) is 181 cm³/mol. The third-order valence-electron chi connectivity index (χ3n) is 7.87. The van der Waals surface area contributed by atoms with Crippen LogP contribution in [0.25, 0.3) is 0 Å². The summed E-state index contributed by atoms with van der Waals surface area (Å²) in [4.78, 5) is 35.7. The van der Waals surface area contributed by atoms with Crippen LogP contribution in [0.5, 0.6) is 17.2 Å². The van der Waals surface area contributed by atoms with Crippen LogP contribution >= 0.6 is 34.8 Å². The molecule has 5 rings (SSSR count). The Labute approximate surface area is 280 Å². The van der Waals surface area contributed by atoms with Crippen molar-refractivity contribution in [3.8, 4) is 17.2 Å². The number of benzene rings is 3. The van der Waals surface area contributed by atoms with Crippen molar-refractivity contribution < 1.29 is 29.7 Å².